The van der Waals surface area contributed by atoms with Gasteiger partial charge in [-0.05, 0) is 32.2 Å². The van der Waals surface area contributed by atoms with Gasteiger partial charge in [-0.2, -0.15) is 5.10 Å². The number of carbonyl (C=O) groups excluding carboxylic acids is 2. The summed E-state index contributed by atoms with van der Waals surface area (Å²) in [5.41, 5.74) is 2.83. The lowest BCUT2D eigenvalue weighted by Gasteiger charge is -2.15. The van der Waals surface area contributed by atoms with Gasteiger partial charge in [0.25, 0.3) is 0 Å². The van der Waals surface area contributed by atoms with E-state index >= 15 is 0 Å². The van der Waals surface area contributed by atoms with Crippen LogP contribution in [0, 0.1) is 6.92 Å². The number of carbonyl (C=O) groups is 2. The van der Waals surface area contributed by atoms with Crippen LogP contribution in [0.1, 0.15) is 31.1 Å². The molecule has 7 nitrogen and oxygen atoms in total. The molecule has 3 aromatic rings. The van der Waals surface area contributed by atoms with Crippen molar-refractivity contribution >= 4 is 22.8 Å². The number of rotatable bonds is 6. The van der Waals surface area contributed by atoms with E-state index in [0.29, 0.717) is 0 Å². The fourth-order valence-corrected chi connectivity index (χ4v) is 3.17. The van der Waals surface area contributed by atoms with Gasteiger partial charge in [-0.1, -0.05) is 36.4 Å². The molecule has 0 bridgehead atoms. The van der Waals surface area contributed by atoms with E-state index in [9.17, 15) is 9.59 Å². The summed E-state index contributed by atoms with van der Waals surface area (Å²) in [5, 5.41) is 12.1. The van der Waals surface area contributed by atoms with Crippen LogP contribution in [0.3, 0.4) is 0 Å². The zero-order chi connectivity index (χ0) is 20.1. The van der Waals surface area contributed by atoms with Crippen LogP contribution in [0.2, 0.25) is 0 Å². The number of benzene rings is 2. The Kier molecular flexibility index (Phi) is 5.93. The van der Waals surface area contributed by atoms with Crippen LogP contribution in [0.5, 0.6) is 0 Å². The number of nitrogens with one attached hydrogen (secondary N) is 2. The van der Waals surface area contributed by atoms with Crippen LogP contribution >= 0.6 is 0 Å². The van der Waals surface area contributed by atoms with Crippen molar-refractivity contribution in [3.63, 3.8) is 0 Å². The van der Waals surface area contributed by atoms with E-state index < -0.39 is 12.0 Å². The number of urea groups is 1. The van der Waals surface area contributed by atoms with Crippen molar-refractivity contribution < 1.29 is 14.3 Å². The minimum atomic E-state index is -0.467. The lowest BCUT2D eigenvalue weighted by atomic mass is 10.1. The predicted octanol–water partition coefficient (Wildman–Crippen LogP) is 3.26. The molecule has 28 heavy (non-hydrogen) atoms. The van der Waals surface area contributed by atoms with Crippen molar-refractivity contribution in [2.45, 2.75) is 26.8 Å². The van der Waals surface area contributed by atoms with Gasteiger partial charge in [0.15, 0.2) is 0 Å². The maximum atomic E-state index is 12.0. The van der Waals surface area contributed by atoms with Crippen molar-refractivity contribution in [2.75, 3.05) is 13.2 Å². The van der Waals surface area contributed by atoms with E-state index in [1.165, 1.54) is 0 Å². The number of nitrogens with zero attached hydrogens (tertiary/aromatic N) is 2. The molecule has 146 valence electrons. The Morgan fingerprint density at radius 1 is 1.18 bits per heavy atom. The quantitative estimate of drug-likeness (QED) is 0.643. The van der Waals surface area contributed by atoms with Crippen LogP contribution in [0.15, 0.2) is 48.7 Å². The number of fused-ring (bicyclic) bond motifs is 1. The normalized spacial score (nSPS) is 11.8. The number of hydrogen-bond acceptors (Lipinski definition) is 4. The Morgan fingerprint density at radius 2 is 1.93 bits per heavy atom. The topological polar surface area (TPSA) is 85.2 Å². The van der Waals surface area contributed by atoms with Crippen molar-refractivity contribution in [3.8, 4) is 5.69 Å². The molecule has 0 saturated heterocycles. The average Bonchev–Trinajstić information content (AvgIpc) is 3.07. The Labute approximate surface area is 163 Å². The summed E-state index contributed by atoms with van der Waals surface area (Å²) in [6.45, 7) is 5.68. The molecule has 0 radical (unpaired) electrons. The maximum Gasteiger partial charge on any atom is 0.325 e. The van der Waals surface area contributed by atoms with Crippen LogP contribution < -0.4 is 10.6 Å². The van der Waals surface area contributed by atoms with Gasteiger partial charge in [0.1, 0.15) is 6.54 Å². The zero-order valence-corrected chi connectivity index (χ0v) is 16.2. The number of hydrogen-bond donors (Lipinski definition) is 2. The Balaban J connectivity index is 1.75. The standard InChI is InChI=1S/C21H24N4O3/c1-4-28-20(26)13-22-21(27)24-14(2)18-12-23-25(15(18)3)19-11-7-9-16-8-5-6-10-17(16)19/h5-12,14H,4,13H2,1-3H3,(H2,22,24,27). The SMILES string of the molecule is CCOC(=O)CNC(=O)NC(C)c1cnn(-c2cccc3ccccc23)c1C. The molecule has 2 amide bonds. The Morgan fingerprint density at radius 3 is 2.71 bits per heavy atom. The first-order valence-corrected chi connectivity index (χ1v) is 9.24. The van der Waals surface area contributed by atoms with Gasteiger partial charge in [-0.15, -0.1) is 0 Å². The van der Waals surface area contributed by atoms with Crippen molar-refractivity contribution in [3.05, 3.63) is 59.9 Å². The highest BCUT2D eigenvalue weighted by Gasteiger charge is 2.17. The van der Waals surface area contributed by atoms with Gasteiger partial charge in [-0.25, -0.2) is 9.48 Å². The molecule has 0 aliphatic rings. The van der Waals surface area contributed by atoms with Gasteiger partial charge in [0, 0.05) is 16.6 Å². The summed E-state index contributed by atoms with van der Waals surface area (Å²) in [4.78, 5) is 23.4. The largest absolute Gasteiger partial charge is 0.465 e. The molecular formula is C21H24N4O3. The van der Waals surface area contributed by atoms with Gasteiger partial charge in [0.2, 0.25) is 0 Å². The molecule has 1 heterocycles. The fourth-order valence-electron chi connectivity index (χ4n) is 3.17. The minimum Gasteiger partial charge on any atom is -0.465 e. The van der Waals surface area contributed by atoms with E-state index in [4.69, 9.17) is 4.74 Å². The van der Waals surface area contributed by atoms with E-state index in [-0.39, 0.29) is 19.2 Å². The molecule has 2 aromatic carbocycles. The van der Waals surface area contributed by atoms with E-state index in [0.717, 1.165) is 27.7 Å². The van der Waals surface area contributed by atoms with Crippen LogP contribution in [0.25, 0.3) is 16.5 Å². The highest BCUT2D eigenvalue weighted by Crippen LogP contribution is 2.25. The molecular weight excluding hydrogens is 356 g/mol. The summed E-state index contributed by atoms with van der Waals surface area (Å²) in [6.07, 6.45) is 1.76. The third-order valence-electron chi connectivity index (χ3n) is 4.56. The number of ether oxygens (including phenoxy) is 1. The molecule has 0 saturated carbocycles. The van der Waals surface area contributed by atoms with E-state index in [2.05, 4.69) is 33.9 Å². The van der Waals surface area contributed by atoms with Crippen LogP contribution in [-0.2, 0) is 9.53 Å². The smallest absolute Gasteiger partial charge is 0.325 e. The third-order valence-corrected chi connectivity index (χ3v) is 4.56. The molecule has 1 unspecified atom stereocenters. The first-order valence-electron chi connectivity index (χ1n) is 9.24. The van der Waals surface area contributed by atoms with Gasteiger partial charge in [0.05, 0.1) is 24.5 Å². The van der Waals surface area contributed by atoms with E-state index in [1.54, 1.807) is 13.1 Å². The summed E-state index contributed by atoms with van der Waals surface area (Å²) in [6, 6.07) is 13.5. The summed E-state index contributed by atoms with van der Waals surface area (Å²) in [7, 11) is 0. The van der Waals surface area contributed by atoms with Crippen LogP contribution in [-0.4, -0.2) is 34.9 Å². The molecule has 2 N–H and O–H groups in total. The van der Waals surface area contributed by atoms with E-state index in [1.807, 2.05) is 42.8 Å². The lowest BCUT2D eigenvalue weighted by Crippen LogP contribution is -2.40. The molecule has 0 aliphatic heterocycles. The number of aromatic nitrogens is 2. The second kappa shape index (κ2) is 8.56. The van der Waals surface area contributed by atoms with Crippen molar-refractivity contribution in [1.29, 1.82) is 0 Å². The molecule has 1 atom stereocenters. The molecule has 0 aliphatic carbocycles. The van der Waals surface area contributed by atoms with Gasteiger partial charge in [-0.3, -0.25) is 4.79 Å². The first kappa shape index (κ1) is 19.4. The summed E-state index contributed by atoms with van der Waals surface area (Å²) in [5.74, 6) is -0.467. The second-order valence-corrected chi connectivity index (χ2v) is 6.45. The molecule has 7 heteroatoms. The third kappa shape index (κ3) is 4.14. The average molecular weight is 380 g/mol. The minimum absolute atomic E-state index is 0.166. The lowest BCUT2D eigenvalue weighted by molar-refractivity contribution is -0.141. The molecule has 3 rings (SSSR count). The molecule has 0 fully saturated rings. The fraction of sp³-hybridized carbons (Fsp3) is 0.286. The Bertz CT molecular complexity index is 991. The van der Waals surface area contributed by atoms with Crippen molar-refractivity contribution in [1.82, 2.24) is 20.4 Å². The maximum absolute atomic E-state index is 12.0. The summed E-state index contributed by atoms with van der Waals surface area (Å²) >= 11 is 0. The van der Waals surface area contributed by atoms with Crippen molar-refractivity contribution in [2.24, 2.45) is 0 Å². The van der Waals surface area contributed by atoms with Gasteiger partial charge < -0.3 is 15.4 Å². The number of amides is 2. The molecule has 0 spiro atoms. The van der Waals surface area contributed by atoms with Gasteiger partial charge >= 0.3 is 12.0 Å². The Hall–Kier alpha value is -3.35. The molecule has 1 aromatic heterocycles. The second-order valence-electron chi connectivity index (χ2n) is 6.45. The predicted molar refractivity (Wildman–Crippen MR) is 107 cm³/mol. The highest BCUT2D eigenvalue weighted by molar-refractivity contribution is 5.90. The first-order chi connectivity index (χ1) is 13.5. The van der Waals surface area contributed by atoms with Crippen LogP contribution in [0.4, 0.5) is 4.79 Å². The zero-order valence-electron chi connectivity index (χ0n) is 16.2. The highest BCUT2D eigenvalue weighted by atomic mass is 16.5. The summed E-state index contributed by atoms with van der Waals surface area (Å²) < 4.78 is 6.68. The number of esters is 1. The monoisotopic (exact) mass is 380 g/mol.